The Morgan fingerprint density at radius 1 is 1.08 bits per heavy atom. The Kier molecular flexibility index (Phi) is 310. The van der Waals surface area contributed by atoms with E-state index in [4.69, 9.17) is 4.79 Å². The molecule has 0 aliphatic heterocycles. The van der Waals surface area contributed by atoms with Crippen molar-refractivity contribution in [2.75, 3.05) is 6.54 Å². The molecular formula is C9H27NO2. The highest BCUT2D eigenvalue weighted by Crippen LogP contribution is 1.37. The van der Waals surface area contributed by atoms with Crippen LogP contribution in [0.15, 0.2) is 0 Å². The zero-order valence-electron chi connectivity index (χ0n) is 5.18. The summed E-state index contributed by atoms with van der Waals surface area (Å²) in [6, 6.07) is 0. The van der Waals surface area contributed by atoms with Crippen LogP contribution in [0.1, 0.15) is 43.6 Å². The van der Waals surface area contributed by atoms with Gasteiger partial charge in [-0.2, -0.15) is 0 Å². The first-order valence-electron chi connectivity index (χ1n) is 2.40. The van der Waals surface area contributed by atoms with Crippen molar-refractivity contribution in [2.24, 2.45) is 0 Å². The van der Waals surface area contributed by atoms with E-state index in [1.807, 2.05) is 6.92 Å². The molecule has 1 N–H and O–H groups in total. The highest BCUT2D eigenvalue weighted by atomic mass is 16.1. The van der Waals surface area contributed by atoms with Gasteiger partial charge < -0.3 is 10.1 Å². The predicted molar refractivity (Wildman–Crippen MR) is 58.4 cm³/mol. The van der Waals surface area contributed by atoms with E-state index in [0.717, 1.165) is 12.8 Å². The fourth-order valence-electron chi connectivity index (χ4n) is 0.0833. The predicted octanol–water partition coefficient (Wildman–Crippen LogP) is 2.50. The van der Waals surface area contributed by atoms with Crippen molar-refractivity contribution in [2.45, 2.75) is 43.6 Å². The van der Waals surface area contributed by atoms with E-state index in [1.165, 1.54) is 6.92 Å². The second kappa shape index (κ2) is 85.9. The Balaban J connectivity index is -0.0000000119. The molecule has 12 heavy (non-hydrogen) atoms. The summed E-state index contributed by atoms with van der Waals surface area (Å²) >= 11 is 0. The number of rotatable bonds is 2. The van der Waals surface area contributed by atoms with Gasteiger partial charge in [0.15, 0.2) is 0 Å². The molecule has 0 saturated heterocycles. The smallest absolute Gasteiger partial charge is 0.207 e. The quantitative estimate of drug-likeness (QED) is 0.665. The normalized spacial score (nSPS) is 3.83. The lowest BCUT2D eigenvalue weighted by molar-refractivity contribution is -0.109. The Hall–Kier alpha value is -0.860. The number of carbonyl (C=O) groups excluding carboxylic acids is 2. The summed E-state index contributed by atoms with van der Waals surface area (Å²) in [6.45, 7) is 4.04. The van der Waals surface area contributed by atoms with Crippen molar-refractivity contribution >= 4 is 12.7 Å². The van der Waals surface area contributed by atoms with Crippen LogP contribution in [0.3, 0.4) is 0 Å². The molecule has 3 heteroatoms. The monoisotopic (exact) mass is 181 g/mol. The van der Waals surface area contributed by atoms with Gasteiger partial charge in [-0.05, 0) is 13.8 Å². The number of nitrogens with one attached hydrogen (secondary N) is 1. The van der Waals surface area contributed by atoms with Gasteiger partial charge in [-0.1, -0.05) is 29.7 Å². The lowest BCUT2D eigenvalue weighted by atomic mass is 10.8. The molecule has 80 valence electrons. The minimum Gasteiger partial charge on any atom is -0.359 e. The van der Waals surface area contributed by atoms with Gasteiger partial charge in [-0.3, -0.25) is 4.79 Å². The Bertz CT molecular complexity index is 56.5. The molecule has 0 aromatic rings. The second-order valence-corrected chi connectivity index (χ2v) is 0.911. The van der Waals surface area contributed by atoms with E-state index < -0.39 is 0 Å². The van der Waals surface area contributed by atoms with Gasteiger partial charge in [-0.15, -0.1) is 0 Å². The van der Waals surface area contributed by atoms with Crippen LogP contribution in [-0.2, 0) is 9.59 Å². The molecule has 0 spiro atoms. The van der Waals surface area contributed by atoms with Crippen LogP contribution in [0.2, 0.25) is 0 Å². The molecule has 0 aliphatic carbocycles. The zero-order valence-corrected chi connectivity index (χ0v) is 5.18. The highest BCUT2D eigenvalue weighted by molar-refractivity contribution is 5.45. The summed E-state index contributed by atoms with van der Waals surface area (Å²) in [5.74, 6) is 0. The van der Waals surface area contributed by atoms with Crippen molar-refractivity contribution in [3.8, 4) is 0 Å². The molecule has 0 fully saturated rings. The van der Waals surface area contributed by atoms with Gasteiger partial charge in [-0.25, -0.2) is 0 Å². The largest absolute Gasteiger partial charge is 0.359 e. The third kappa shape index (κ3) is 466. The van der Waals surface area contributed by atoms with Gasteiger partial charge in [0.25, 0.3) is 0 Å². The van der Waals surface area contributed by atoms with Gasteiger partial charge in [0.2, 0.25) is 6.41 Å². The SMILES string of the molecule is C.C.C.C.CC=O.CCNC=O. The van der Waals surface area contributed by atoms with Crippen molar-refractivity contribution < 1.29 is 9.59 Å². The summed E-state index contributed by atoms with van der Waals surface area (Å²) < 4.78 is 0. The standard InChI is InChI=1S/C3H7NO.C2H4O.4CH4/c1-2-4-3-5;1-2-3;;;;/h3H,2H2,1H3,(H,4,5);2H,1H3;4*1H4. The Labute approximate surface area is 78.6 Å². The molecule has 0 rings (SSSR count). The van der Waals surface area contributed by atoms with Gasteiger partial charge >= 0.3 is 0 Å². The maximum atomic E-state index is 9.29. The van der Waals surface area contributed by atoms with Crippen molar-refractivity contribution in [1.29, 1.82) is 0 Å². The molecule has 0 unspecified atom stereocenters. The molecule has 3 nitrogen and oxygen atoms in total. The van der Waals surface area contributed by atoms with Crippen molar-refractivity contribution in [3.63, 3.8) is 0 Å². The molecule has 0 atom stereocenters. The fourth-order valence-corrected chi connectivity index (χ4v) is 0.0833. The summed E-state index contributed by atoms with van der Waals surface area (Å²) in [7, 11) is 0. The average molecular weight is 181 g/mol. The maximum absolute atomic E-state index is 9.29. The molecule has 0 aliphatic rings. The van der Waals surface area contributed by atoms with Crippen LogP contribution < -0.4 is 5.32 Å². The molecule has 0 saturated carbocycles. The number of amides is 1. The van der Waals surface area contributed by atoms with E-state index in [9.17, 15) is 4.79 Å². The van der Waals surface area contributed by atoms with Crippen LogP contribution in [0.5, 0.6) is 0 Å². The van der Waals surface area contributed by atoms with Crippen LogP contribution in [-0.4, -0.2) is 19.2 Å². The summed E-state index contributed by atoms with van der Waals surface area (Å²) in [4.78, 5) is 18.1. The van der Waals surface area contributed by atoms with Crippen LogP contribution in [0, 0.1) is 0 Å². The van der Waals surface area contributed by atoms with E-state index >= 15 is 0 Å². The van der Waals surface area contributed by atoms with E-state index in [0.29, 0.717) is 6.41 Å². The molecule has 0 aromatic carbocycles. The Morgan fingerprint density at radius 2 is 1.33 bits per heavy atom. The number of hydrogen-bond acceptors (Lipinski definition) is 2. The summed E-state index contributed by atoms with van der Waals surface area (Å²) in [6.07, 6.45) is 1.43. The maximum Gasteiger partial charge on any atom is 0.207 e. The van der Waals surface area contributed by atoms with Crippen molar-refractivity contribution in [3.05, 3.63) is 0 Å². The Morgan fingerprint density at radius 3 is 1.33 bits per heavy atom. The summed E-state index contributed by atoms with van der Waals surface area (Å²) in [5, 5.41) is 2.43. The minimum atomic E-state index is 0. The van der Waals surface area contributed by atoms with Gasteiger partial charge in [0.05, 0.1) is 0 Å². The lowest BCUT2D eigenvalue weighted by Crippen LogP contribution is -2.07. The number of hydrogen-bond donors (Lipinski definition) is 1. The highest BCUT2D eigenvalue weighted by Gasteiger charge is 1.59. The van der Waals surface area contributed by atoms with Crippen LogP contribution in [0.25, 0.3) is 0 Å². The number of carbonyl (C=O) groups is 2. The second-order valence-electron chi connectivity index (χ2n) is 0.911. The van der Waals surface area contributed by atoms with E-state index in [2.05, 4.69) is 5.32 Å². The van der Waals surface area contributed by atoms with Crippen molar-refractivity contribution in [1.82, 2.24) is 5.32 Å². The third-order valence-electron chi connectivity index (χ3n) is 0.287. The molecule has 0 radical (unpaired) electrons. The minimum absolute atomic E-state index is 0. The fraction of sp³-hybridized carbons (Fsp3) is 0.778. The molecule has 0 aromatic heterocycles. The summed E-state index contributed by atoms with van der Waals surface area (Å²) in [5.41, 5.74) is 0. The molecular weight excluding hydrogens is 154 g/mol. The number of aldehydes is 1. The first kappa shape index (κ1) is 43.4. The zero-order chi connectivity index (χ0) is 6.83. The average Bonchev–Trinajstić information content (AvgIpc) is 1.71. The van der Waals surface area contributed by atoms with Crippen LogP contribution in [0.4, 0.5) is 0 Å². The van der Waals surface area contributed by atoms with Gasteiger partial charge in [0.1, 0.15) is 6.29 Å². The van der Waals surface area contributed by atoms with E-state index in [1.54, 1.807) is 0 Å². The lowest BCUT2D eigenvalue weighted by Gasteiger charge is -1.78. The van der Waals surface area contributed by atoms with Gasteiger partial charge in [0, 0.05) is 6.54 Å². The van der Waals surface area contributed by atoms with Crippen LogP contribution >= 0.6 is 0 Å². The molecule has 1 amide bonds. The molecule has 0 heterocycles. The first-order valence-corrected chi connectivity index (χ1v) is 2.40. The topological polar surface area (TPSA) is 46.2 Å². The molecule has 0 bridgehead atoms. The first-order chi connectivity index (χ1) is 3.83. The third-order valence-corrected chi connectivity index (χ3v) is 0.287. The van der Waals surface area contributed by atoms with E-state index in [-0.39, 0.29) is 29.7 Å².